The Balaban J connectivity index is 1.71. The van der Waals surface area contributed by atoms with Crippen LogP contribution in [0.3, 0.4) is 0 Å². The number of nitrogens with zero attached hydrogens (tertiary/aromatic N) is 1. The Hall–Kier alpha value is -0.900. The molecule has 2 unspecified atom stereocenters. The highest BCUT2D eigenvalue weighted by Crippen LogP contribution is 2.17. The van der Waals surface area contributed by atoms with Crippen LogP contribution in [0.4, 0.5) is 0 Å². The zero-order valence-electron chi connectivity index (χ0n) is 12.1. The van der Waals surface area contributed by atoms with Crippen LogP contribution in [-0.4, -0.2) is 43.3 Å². The van der Waals surface area contributed by atoms with Crippen LogP contribution in [0.15, 0.2) is 30.3 Å². The van der Waals surface area contributed by atoms with Crippen molar-refractivity contribution >= 4 is 0 Å². The Morgan fingerprint density at radius 1 is 1.37 bits per heavy atom. The minimum Gasteiger partial charge on any atom is -0.373 e. The van der Waals surface area contributed by atoms with Crippen LogP contribution >= 0.6 is 0 Å². The molecule has 0 saturated carbocycles. The summed E-state index contributed by atoms with van der Waals surface area (Å²) in [5.41, 5.74) is 1.39. The molecule has 0 aliphatic carbocycles. The molecule has 1 aromatic carbocycles. The third-order valence-corrected chi connectivity index (χ3v) is 3.58. The van der Waals surface area contributed by atoms with E-state index >= 15 is 0 Å². The zero-order chi connectivity index (χ0) is 13.5. The number of benzene rings is 1. The molecule has 1 N–H and O–H groups in total. The highest BCUT2D eigenvalue weighted by molar-refractivity contribution is 5.14. The third kappa shape index (κ3) is 4.94. The molecule has 1 saturated heterocycles. The van der Waals surface area contributed by atoms with Crippen LogP contribution < -0.4 is 5.32 Å². The van der Waals surface area contributed by atoms with Crippen LogP contribution in [0.2, 0.25) is 0 Å². The molecular formula is C16H26N2O. The van der Waals surface area contributed by atoms with Gasteiger partial charge < -0.3 is 10.1 Å². The Labute approximate surface area is 116 Å². The lowest BCUT2D eigenvalue weighted by Gasteiger charge is -2.20. The molecule has 19 heavy (non-hydrogen) atoms. The first-order valence-corrected chi connectivity index (χ1v) is 7.40. The average molecular weight is 262 g/mol. The summed E-state index contributed by atoms with van der Waals surface area (Å²) in [6.45, 7) is 9.50. The maximum Gasteiger partial charge on any atom is 0.0718 e. The standard InChI is InChI=1S/C16H26N2O/c1-3-17-11-14(2)19-16-9-10-18(13-16)12-15-7-5-4-6-8-15/h4-8,14,16-17H,3,9-13H2,1-2H3. The normalized spacial score (nSPS) is 21.7. The molecule has 1 heterocycles. The van der Waals surface area contributed by atoms with E-state index in [9.17, 15) is 0 Å². The van der Waals surface area contributed by atoms with Crippen LogP contribution in [0.5, 0.6) is 0 Å². The van der Waals surface area contributed by atoms with Crippen molar-refractivity contribution < 1.29 is 4.74 Å². The van der Waals surface area contributed by atoms with Gasteiger partial charge in [0, 0.05) is 26.2 Å². The van der Waals surface area contributed by atoms with Crippen LogP contribution in [0.25, 0.3) is 0 Å². The molecule has 0 aromatic heterocycles. The van der Waals surface area contributed by atoms with Crippen molar-refractivity contribution in [3.63, 3.8) is 0 Å². The summed E-state index contributed by atoms with van der Waals surface area (Å²) < 4.78 is 6.08. The van der Waals surface area contributed by atoms with E-state index in [1.807, 2.05) is 0 Å². The smallest absolute Gasteiger partial charge is 0.0718 e. The molecule has 1 aromatic rings. The molecular weight excluding hydrogens is 236 g/mol. The fourth-order valence-corrected chi connectivity index (χ4v) is 2.62. The van der Waals surface area contributed by atoms with Crippen molar-refractivity contribution in [2.24, 2.45) is 0 Å². The van der Waals surface area contributed by atoms with E-state index in [0.717, 1.165) is 39.1 Å². The predicted molar refractivity (Wildman–Crippen MR) is 79.2 cm³/mol. The molecule has 3 heteroatoms. The molecule has 2 rings (SSSR count). The van der Waals surface area contributed by atoms with Crippen molar-refractivity contribution in [2.75, 3.05) is 26.2 Å². The maximum absolute atomic E-state index is 6.08. The number of ether oxygens (including phenoxy) is 1. The number of rotatable bonds is 7. The first-order valence-electron chi connectivity index (χ1n) is 7.40. The number of likely N-dealkylation sites (N-methyl/N-ethyl adjacent to an activating group) is 1. The molecule has 1 aliphatic heterocycles. The minimum absolute atomic E-state index is 0.307. The second-order valence-electron chi connectivity index (χ2n) is 5.39. The Morgan fingerprint density at radius 3 is 2.89 bits per heavy atom. The summed E-state index contributed by atoms with van der Waals surface area (Å²) in [6.07, 6.45) is 1.86. The molecule has 0 bridgehead atoms. The molecule has 1 aliphatic rings. The number of hydrogen-bond donors (Lipinski definition) is 1. The minimum atomic E-state index is 0.307. The number of hydrogen-bond acceptors (Lipinski definition) is 3. The quantitative estimate of drug-likeness (QED) is 0.816. The van der Waals surface area contributed by atoms with Crippen molar-refractivity contribution in [3.05, 3.63) is 35.9 Å². The lowest BCUT2D eigenvalue weighted by atomic mass is 10.2. The van der Waals surface area contributed by atoms with Crippen LogP contribution in [-0.2, 0) is 11.3 Å². The molecule has 1 fully saturated rings. The summed E-state index contributed by atoms with van der Waals surface area (Å²) in [5, 5.41) is 3.33. The van der Waals surface area contributed by atoms with Gasteiger partial charge >= 0.3 is 0 Å². The molecule has 0 amide bonds. The van der Waals surface area contributed by atoms with Gasteiger partial charge in [-0.05, 0) is 25.5 Å². The van der Waals surface area contributed by atoms with E-state index in [1.165, 1.54) is 5.56 Å². The Kier molecular flexibility index (Phi) is 5.83. The fourth-order valence-electron chi connectivity index (χ4n) is 2.62. The van der Waals surface area contributed by atoms with Gasteiger partial charge in [0.2, 0.25) is 0 Å². The topological polar surface area (TPSA) is 24.5 Å². The van der Waals surface area contributed by atoms with Gasteiger partial charge in [0.15, 0.2) is 0 Å². The summed E-state index contributed by atoms with van der Waals surface area (Å²) in [4.78, 5) is 2.49. The lowest BCUT2D eigenvalue weighted by molar-refractivity contribution is 0.00459. The van der Waals surface area contributed by atoms with E-state index in [4.69, 9.17) is 4.74 Å². The summed E-state index contributed by atoms with van der Waals surface area (Å²) in [5.74, 6) is 0. The van der Waals surface area contributed by atoms with Crippen LogP contribution in [0, 0.1) is 0 Å². The van der Waals surface area contributed by atoms with Crippen molar-refractivity contribution in [1.82, 2.24) is 10.2 Å². The molecule has 106 valence electrons. The Bertz CT molecular complexity index is 355. The Morgan fingerprint density at radius 2 is 2.16 bits per heavy atom. The largest absolute Gasteiger partial charge is 0.373 e. The van der Waals surface area contributed by atoms with Gasteiger partial charge in [0.1, 0.15) is 0 Å². The van der Waals surface area contributed by atoms with Gasteiger partial charge in [-0.1, -0.05) is 37.3 Å². The second-order valence-corrected chi connectivity index (χ2v) is 5.39. The van der Waals surface area contributed by atoms with E-state index in [2.05, 4.69) is 54.4 Å². The van der Waals surface area contributed by atoms with E-state index in [-0.39, 0.29) is 0 Å². The van der Waals surface area contributed by atoms with Gasteiger partial charge in [-0.15, -0.1) is 0 Å². The lowest BCUT2D eigenvalue weighted by Crippen LogP contribution is -2.31. The third-order valence-electron chi connectivity index (χ3n) is 3.58. The summed E-state index contributed by atoms with van der Waals surface area (Å²) in [6, 6.07) is 10.7. The molecule has 3 nitrogen and oxygen atoms in total. The summed E-state index contributed by atoms with van der Waals surface area (Å²) in [7, 11) is 0. The summed E-state index contributed by atoms with van der Waals surface area (Å²) >= 11 is 0. The maximum atomic E-state index is 6.08. The van der Waals surface area contributed by atoms with Crippen molar-refractivity contribution in [3.8, 4) is 0 Å². The molecule has 2 atom stereocenters. The molecule has 0 spiro atoms. The van der Waals surface area contributed by atoms with E-state index in [0.29, 0.717) is 12.2 Å². The van der Waals surface area contributed by atoms with Gasteiger partial charge in [0.05, 0.1) is 12.2 Å². The van der Waals surface area contributed by atoms with Crippen molar-refractivity contribution in [1.29, 1.82) is 0 Å². The van der Waals surface area contributed by atoms with Gasteiger partial charge in [-0.3, -0.25) is 4.90 Å². The fraction of sp³-hybridized carbons (Fsp3) is 0.625. The van der Waals surface area contributed by atoms with Crippen molar-refractivity contribution in [2.45, 2.75) is 39.0 Å². The SMILES string of the molecule is CCNCC(C)OC1CCN(Cc2ccccc2)C1. The average Bonchev–Trinajstić information content (AvgIpc) is 2.85. The van der Waals surface area contributed by atoms with Crippen LogP contribution in [0.1, 0.15) is 25.8 Å². The highest BCUT2D eigenvalue weighted by Gasteiger charge is 2.24. The van der Waals surface area contributed by atoms with E-state index in [1.54, 1.807) is 0 Å². The van der Waals surface area contributed by atoms with E-state index < -0.39 is 0 Å². The highest BCUT2D eigenvalue weighted by atomic mass is 16.5. The van der Waals surface area contributed by atoms with Gasteiger partial charge in [0.25, 0.3) is 0 Å². The van der Waals surface area contributed by atoms with Gasteiger partial charge in [-0.2, -0.15) is 0 Å². The number of nitrogens with one attached hydrogen (secondary N) is 1. The second kappa shape index (κ2) is 7.63. The monoisotopic (exact) mass is 262 g/mol. The predicted octanol–water partition coefficient (Wildman–Crippen LogP) is 2.28. The first-order chi connectivity index (χ1) is 9.28. The first kappa shape index (κ1) is 14.5. The molecule has 0 radical (unpaired) electrons. The zero-order valence-corrected chi connectivity index (χ0v) is 12.1. The number of likely N-dealkylation sites (tertiary alicyclic amines) is 1. The van der Waals surface area contributed by atoms with Gasteiger partial charge in [-0.25, -0.2) is 0 Å².